The number of carbonyl (C=O) groups is 2. The highest BCUT2D eigenvalue weighted by molar-refractivity contribution is 6.05. The van der Waals surface area contributed by atoms with Crippen molar-refractivity contribution < 1.29 is 14.3 Å². The van der Waals surface area contributed by atoms with Crippen LogP contribution in [-0.2, 0) is 4.79 Å². The lowest BCUT2D eigenvalue weighted by Crippen LogP contribution is -2.15. The first-order valence-corrected chi connectivity index (χ1v) is 8.31. The Kier molecular flexibility index (Phi) is 5.39. The van der Waals surface area contributed by atoms with E-state index >= 15 is 0 Å². The number of benzene rings is 2. The van der Waals surface area contributed by atoms with Gasteiger partial charge in [-0.15, -0.1) is 0 Å². The smallest absolute Gasteiger partial charge is 0.312 e. The lowest BCUT2D eigenvalue weighted by Gasteiger charge is -2.12. The number of rotatable bonds is 5. The van der Waals surface area contributed by atoms with Crippen molar-refractivity contribution in [3.63, 3.8) is 0 Å². The molecule has 26 heavy (non-hydrogen) atoms. The first kappa shape index (κ1) is 17.4. The van der Waals surface area contributed by atoms with Crippen molar-refractivity contribution in [3.05, 3.63) is 78.4 Å². The number of esters is 1. The van der Waals surface area contributed by atoms with E-state index in [1.807, 2.05) is 36.4 Å². The van der Waals surface area contributed by atoms with Crippen LogP contribution in [0.1, 0.15) is 23.7 Å². The molecular weight excluding hydrogens is 328 g/mol. The third-order valence-corrected chi connectivity index (χ3v) is 3.71. The second-order valence-electron chi connectivity index (χ2n) is 5.56. The fourth-order valence-corrected chi connectivity index (χ4v) is 2.35. The maximum atomic E-state index is 12.4. The fraction of sp³-hybridized carbons (Fsp3) is 0.0952. The molecule has 1 heterocycles. The van der Waals surface area contributed by atoms with Gasteiger partial charge in [-0.3, -0.25) is 9.59 Å². The number of anilines is 1. The van der Waals surface area contributed by atoms with Gasteiger partial charge in [-0.2, -0.15) is 0 Å². The van der Waals surface area contributed by atoms with Crippen LogP contribution in [0, 0.1) is 0 Å². The van der Waals surface area contributed by atoms with E-state index in [9.17, 15) is 9.59 Å². The molecule has 5 nitrogen and oxygen atoms in total. The van der Waals surface area contributed by atoms with Crippen LogP contribution in [0.15, 0.2) is 72.8 Å². The Hall–Kier alpha value is -3.47. The predicted molar refractivity (Wildman–Crippen MR) is 100.0 cm³/mol. The summed E-state index contributed by atoms with van der Waals surface area (Å²) in [6, 6.07) is 21.8. The minimum Gasteiger partial charge on any atom is -0.405 e. The molecule has 0 spiro atoms. The van der Waals surface area contributed by atoms with Crippen LogP contribution in [0.4, 0.5) is 5.69 Å². The molecule has 0 atom stereocenters. The molecule has 0 bridgehead atoms. The lowest BCUT2D eigenvalue weighted by atomic mass is 10.1. The molecule has 1 amide bonds. The zero-order valence-corrected chi connectivity index (χ0v) is 14.3. The second-order valence-corrected chi connectivity index (χ2v) is 5.56. The molecule has 2 aromatic carbocycles. The van der Waals surface area contributed by atoms with Gasteiger partial charge in [0.2, 0.25) is 5.88 Å². The molecule has 0 aliphatic carbocycles. The first-order valence-electron chi connectivity index (χ1n) is 8.31. The number of hydrogen-bond acceptors (Lipinski definition) is 4. The molecular formula is C21H18N2O3. The number of carbonyl (C=O) groups excluding carboxylic acids is 2. The molecule has 130 valence electrons. The molecule has 3 aromatic rings. The average Bonchev–Trinajstić information content (AvgIpc) is 2.70. The minimum absolute atomic E-state index is 0.0856. The summed E-state index contributed by atoms with van der Waals surface area (Å²) >= 11 is 0. The van der Waals surface area contributed by atoms with Gasteiger partial charge in [0.1, 0.15) is 5.69 Å². The molecule has 0 fully saturated rings. The average molecular weight is 346 g/mol. The largest absolute Gasteiger partial charge is 0.405 e. The molecule has 0 aliphatic heterocycles. The van der Waals surface area contributed by atoms with Crippen molar-refractivity contribution in [2.24, 2.45) is 0 Å². The molecule has 1 aromatic heterocycles. The van der Waals surface area contributed by atoms with Gasteiger partial charge in [-0.25, -0.2) is 4.98 Å². The summed E-state index contributed by atoms with van der Waals surface area (Å²) in [6.45, 7) is 1.70. The quantitative estimate of drug-likeness (QED) is 0.699. The summed E-state index contributed by atoms with van der Waals surface area (Å²) in [5.41, 5.74) is 2.40. The van der Waals surface area contributed by atoms with Gasteiger partial charge < -0.3 is 10.1 Å². The van der Waals surface area contributed by atoms with Crippen molar-refractivity contribution in [2.75, 3.05) is 5.32 Å². The SMILES string of the molecule is CCC(=O)Oc1nc(-c2ccccc2)ccc1NC(=O)c1ccccc1. The molecule has 1 N–H and O–H groups in total. The number of aromatic nitrogens is 1. The van der Waals surface area contributed by atoms with Gasteiger partial charge >= 0.3 is 5.97 Å². The van der Waals surface area contributed by atoms with Crippen molar-refractivity contribution >= 4 is 17.6 Å². The van der Waals surface area contributed by atoms with Crippen molar-refractivity contribution in [1.29, 1.82) is 0 Å². The molecule has 0 saturated carbocycles. The Bertz CT molecular complexity index is 909. The van der Waals surface area contributed by atoms with Gasteiger partial charge in [0.15, 0.2) is 0 Å². The summed E-state index contributed by atoms with van der Waals surface area (Å²) in [7, 11) is 0. The van der Waals surface area contributed by atoms with Gasteiger partial charge in [0.25, 0.3) is 5.91 Å². The molecule has 3 rings (SSSR count). The van der Waals surface area contributed by atoms with Crippen LogP contribution in [-0.4, -0.2) is 16.9 Å². The molecule has 0 aliphatic rings. The summed E-state index contributed by atoms with van der Waals surface area (Å²) < 4.78 is 5.33. The Labute approximate surface area is 151 Å². The highest BCUT2D eigenvalue weighted by Gasteiger charge is 2.15. The molecule has 0 radical (unpaired) electrons. The molecule has 0 unspecified atom stereocenters. The Morgan fingerprint density at radius 2 is 1.58 bits per heavy atom. The molecule has 0 saturated heterocycles. The van der Waals surface area contributed by atoms with Crippen LogP contribution in [0.5, 0.6) is 5.88 Å². The van der Waals surface area contributed by atoms with Gasteiger partial charge in [0.05, 0.1) is 5.69 Å². The monoisotopic (exact) mass is 346 g/mol. The van der Waals surface area contributed by atoms with E-state index in [1.165, 1.54) is 0 Å². The van der Waals surface area contributed by atoms with E-state index in [4.69, 9.17) is 4.74 Å². The van der Waals surface area contributed by atoms with Gasteiger partial charge in [-0.1, -0.05) is 55.5 Å². The summed E-state index contributed by atoms with van der Waals surface area (Å²) in [5, 5.41) is 2.76. The van der Waals surface area contributed by atoms with Crippen molar-refractivity contribution in [2.45, 2.75) is 13.3 Å². The van der Waals surface area contributed by atoms with Crippen LogP contribution >= 0.6 is 0 Å². The lowest BCUT2D eigenvalue weighted by molar-refractivity contribution is -0.134. The summed E-state index contributed by atoms with van der Waals surface area (Å²) in [4.78, 5) is 28.6. The van der Waals surface area contributed by atoms with E-state index in [1.54, 1.807) is 43.3 Å². The van der Waals surface area contributed by atoms with Crippen LogP contribution < -0.4 is 10.1 Å². The van der Waals surface area contributed by atoms with E-state index in [2.05, 4.69) is 10.3 Å². The number of nitrogens with one attached hydrogen (secondary N) is 1. The van der Waals surface area contributed by atoms with E-state index in [0.717, 1.165) is 5.56 Å². The normalized spacial score (nSPS) is 10.2. The number of pyridine rings is 1. The Morgan fingerprint density at radius 3 is 2.23 bits per heavy atom. The summed E-state index contributed by atoms with van der Waals surface area (Å²) in [6.07, 6.45) is 0.212. The number of nitrogens with zero attached hydrogens (tertiary/aromatic N) is 1. The van der Waals surface area contributed by atoms with E-state index in [-0.39, 0.29) is 18.2 Å². The van der Waals surface area contributed by atoms with Crippen molar-refractivity contribution in [1.82, 2.24) is 4.98 Å². The Morgan fingerprint density at radius 1 is 0.923 bits per heavy atom. The Balaban J connectivity index is 1.93. The highest BCUT2D eigenvalue weighted by Crippen LogP contribution is 2.28. The topological polar surface area (TPSA) is 68.3 Å². The molecule has 5 heteroatoms. The maximum Gasteiger partial charge on any atom is 0.312 e. The van der Waals surface area contributed by atoms with Crippen LogP contribution in [0.25, 0.3) is 11.3 Å². The number of hydrogen-bond donors (Lipinski definition) is 1. The van der Waals surface area contributed by atoms with Gasteiger partial charge in [0, 0.05) is 17.5 Å². The maximum absolute atomic E-state index is 12.4. The zero-order valence-electron chi connectivity index (χ0n) is 14.3. The van der Waals surface area contributed by atoms with Crippen LogP contribution in [0.3, 0.4) is 0 Å². The zero-order chi connectivity index (χ0) is 18.4. The third kappa shape index (κ3) is 4.13. The number of amides is 1. The standard InChI is InChI=1S/C21H18N2O3/c1-2-19(24)26-21-18(22-20(25)16-11-7-4-8-12-16)14-13-17(23-21)15-9-5-3-6-10-15/h3-14H,2H2,1H3,(H,22,25). The van der Waals surface area contributed by atoms with Crippen molar-refractivity contribution in [3.8, 4) is 17.1 Å². The van der Waals surface area contributed by atoms with E-state index in [0.29, 0.717) is 16.9 Å². The summed E-state index contributed by atoms with van der Waals surface area (Å²) in [5.74, 6) is -0.630. The second kappa shape index (κ2) is 8.07. The van der Waals surface area contributed by atoms with E-state index < -0.39 is 5.97 Å². The fourth-order valence-electron chi connectivity index (χ4n) is 2.35. The van der Waals surface area contributed by atoms with Gasteiger partial charge in [-0.05, 0) is 24.3 Å². The highest BCUT2D eigenvalue weighted by atomic mass is 16.5. The third-order valence-electron chi connectivity index (χ3n) is 3.71. The predicted octanol–water partition coefficient (Wildman–Crippen LogP) is 4.32. The first-order chi connectivity index (χ1) is 12.7. The van der Waals surface area contributed by atoms with Crippen LogP contribution in [0.2, 0.25) is 0 Å². The number of ether oxygens (including phenoxy) is 1. The minimum atomic E-state index is -0.419.